The van der Waals surface area contributed by atoms with Gasteiger partial charge < -0.3 is 9.84 Å². The average Bonchev–Trinajstić information content (AvgIpc) is 2.64. The Morgan fingerprint density at radius 1 is 1.23 bits per heavy atom. The third-order valence-corrected chi connectivity index (χ3v) is 5.22. The van der Waals surface area contributed by atoms with Gasteiger partial charge in [0.15, 0.2) is 11.6 Å². The van der Waals surface area contributed by atoms with Gasteiger partial charge in [-0.3, -0.25) is 9.69 Å². The molecule has 0 spiro atoms. The number of rotatable bonds is 5. The lowest BCUT2D eigenvalue weighted by Gasteiger charge is -2.37. The number of aliphatic carboxylic acids is 1. The molecule has 0 aromatic heterocycles. The molecule has 138 valence electrons. The number of benzene rings is 2. The van der Waals surface area contributed by atoms with E-state index in [1.54, 1.807) is 6.07 Å². The molecule has 4 nitrogen and oxygen atoms in total. The number of halogens is 1. The zero-order chi connectivity index (χ0) is 18.7. The largest absolute Gasteiger partial charge is 0.494 e. The van der Waals surface area contributed by atoms with E-state index in [1.807, 2.05) is 31.2 Å². The van der Waals surface area contributed by atoms with Gasteiger partial charge in [-0.2, -0.15) is 0 Å². The predicted octanol–water partition coefficient (Wildman–Crippen LogP) is 4.03. The zero-order valence-corrected chi connectivity index (χ0v) is 15.1. The number of carboxylic acid groups (broad SMARTS) is 1. The molecule has 0 bridgehead atoms. The van der Waals surface area contributed by atoms with E-state index in [1.165, 1.54) is 13.2 Å². The molecule has 1 aliphatic heterocycles. The van der Waals surface area contributed by atoms with Crippen molar-refractivity contribution in [2.75, 3.05) is 20.2 Å². The third kappa shape index (κ3) is 3.73. The molecular weight excluding hydrogens is 333 g/mol. The van der Waals surface area contributed by atoms with Crippen molar-refractivity contribution < 1.29 is 19.0 Å². The molecule has 3 rings (SSSR count). The van der Waals surface area contributed by atoms with Crippen molar-refractivity contribution in [1.29, 1.82) is 0 Å². The number of methoxy groups -OCH3 is 1. The Hall–Kier alpha value is -2.40. The minimum Gasteiger partial charge on any atom is -0.494 e. The summed E-state index contributed by atoms with van der Waals surface area (Å²) in [7, 11) is 1.45. The lowest BCUT2D eigenvalue weighted by molar-refractivity contribution is -0.143. The first-order valence-electron chi connectivity index (χ1n) is 8.87. The molecule has 2 aromatic rings. The first-order valence-corrected chi connectivity index (χ1v) is 8.87. The Bertz CT molecular complexity index is 785. The lowest BCUT2D eigenvalue weighted by Crippen LogP contribution is -2.39. The number of hydrogen-bond acceptors (Lipinski definition) is 3. The molecule has 1 saturated heterocycles. The second kappa shape index (κ2) is 7.87. The number of piperidine rings is 1. The Morgan fingerprint density at radius 2 is 1.92 bits per heavy atom. The van der Waals surface area contributed by atoms with Crippen LogP contribution in [0, 0.1) is 18.7 Å². The molecule has 1 atom stereocenters. The van der Waals surface area contributed by atoms with Crippen molar-refractivity contribution in [3.63, 3.8) is 0 Å². The summed E-state index contributed by atoms with van der Waals surface area (Å²) in [5, 5.41) is 9.25. The van der Waals surface area contributed by atoms with Gasteiger partial charge in [0.2, 0.25) is 0 Å². The summed E-state index contributed by atoms with van der Waals surface area (Å²) in [6.45, 7) is 3.39. The minimum atomic E-state index is -0.729. The van der Waals surface area contributed by atoms with E-state index in [2.05, 4.69) is 11.0 Å². The maximum atomic E-state index is 14.3. The van der Waals surface area contributed by atoms with Crippen LogP contribution in [0.4, 0.5) is 4.39 Å². The number of aryl methyl sites for hydroxylation is 1. The molecule has 1 heterocycles. The van der Waals surface area contributed by atoms with Crippen LogP contribution in [0.15, 0.2) is 42.5 Å². The molecule has 26 heavy (non-hydrogen) atoms. The molecule has 0 radical (unpaired) electrons. The average molecular weight is 357 g/mol. The molecule has 0 aliphatic carbocycles. The van der Waals surface area contributed by atoms with E-state index >= 15 is 0 Å². The molecule has 1 fully saturated rings. The smallest absolute Gasteiger partial charge is 0.306 e. The minimum absolute atomic E-state index is 0.105. The van der Waals surface area contributed by atoms with Crippen molar-refractivity contribution >= 4 is 5.97 Å². The van der Waals surface area contributed by atoms with Crippen LogP contribution in [0.1, 0.15) is 35.6 Å². The van der Waals surface area contributed by atoms with Gasteiger partial charge in [-0.05, 0) is 61.7 Å². The first-order chi connectivity index (χ1) is 12.5. The second-order valence-electron chi connectivity index (χ2n) is 6.80. The summed E-state index contributed by atoms with van der Waals surface area (Å²) < 4.78 is 19.4. The van der Waals surface area contributed by atoms with Gasteiger partial charge >= 0.3 is 5.97 Å². The maximum Gasteiger partial charge on any atom is 0.306 e. The number of likely N-dealkylation sites (tertiary alicyclic amines) is 1. The number of nitrogens with zero attached hydrogens (tertiary/aromatic N) is 1. The SMILES string of the molecule is COc1ccc(C(c2ccccc2C)N2CCC(C(=O)O)CC2)cc1F. The van der Waals surface area contributed by atoms with Crippen molar-refractivity contribution in [2.45, 2.75) is 25.8 Å². The Kier molecular flexibility index (Phi) is 5.57. The zero-order valence-electron chi connectivity index (χ0n) is 15.1. The van der Waals surface area contributed by atoms with Crippen LogP contribution in [0.3, 0.4) is 0 Å². The van der Waals surface area contributed by atoms with Gasteiger partial charge in [-0.1, -0.05) is 30.3 Å². The summed E-state index contributed by atoms with van der Waals surface area (Å²) in [6.07, 6.45) is 1.21. The monoisotopic (exact) mass is 357 g/mol. The normalized spacial score (nSPS) is 17.0. The van der Waals surface area contributed by atoms with Gasteiger partial charge in [-0.25, -0.2) is 4.39 Å². The lowest BCUT2D eigenvalue weighted by atomic mass is 9.89. The van der Waals surface area contributed by atoms with E-state index in [9.17, 15) is 14.3 Å². The van der Waals surface area contributed by atoms with E-state index in [-0.39, 0.29) is 23.5 Å². The molecule has 0 amide bonds. The van der Waals surface area contributed by atoms with Crippen LogP contribution in [-0.2, 0) is 4.79 Å². The summed E-state index contributed by atoms with van der Waals surface area (Å²) in [5.74, 6) is -1.19. The van der Waals surface area contributed by atoms with Crippen LogP contribution < -0.4 is 4.74 Å². The van der Waals surface area contributed by atoms with Crippen LogP contribution in [0.2, 0.25) is 0 Å². The van der Waals surface area contributed by atoms with E-state index in [4.69, 9.17) is 4.74 Å². The van der Waals surface area contributed by atoms with Gasteiger partial charge in [0.05, 0.1) is 19.1 Å². The maximum absolute atomic E-state index is 14.3. The highest BCUT2D eigenvalue weighted by Crippen LogP contribution is 2.35. The summed E-state index contributed by atoms with van der Waals surface area (Å²) in [4.78, 5) is 13.5. The molecule has 1 unspecified atom stereocenters. The molecule has 0 saturated carbocycles. The fourth-order valence-corrected chi connectivity index (χ4v) is 3.74. The first kappa shape index (κ1) is 18.4. The van der Waals surface area contributed by atoms with Crippen LogP contribution >= 0.6 is 0 Å². The highest BCUT2D eigenvalue weighted by molar-refractivity contribution is 5.70. The fourth-order valence-electron chi connectivity index (χ4n) is 3.74. The Balaban J connectivity index is 1.97. The second-order valence-corrected chi connectivity index (χ2v) is 6.80. The fraction of sp³-hybridized carbons (Fsp3) is 0.381. The quantitative estimate of drug-likeness (QED) is 0.878. The third-order valence-electron chi connectivity index (χ3n) is 5.22. The molecule has 5 heteroatoms. The van der Waals surface area contributed by atoms with E-state index in [0.717, 1.165) is 16.7 Å². The summed E-state index contributed by atoms with van der Waals surface area (Å²) in [5.41, 5.74) is 3.10. The highest BCUT2D eigenvalue weighted by Gasteiger charge is 2.31. The van der Waals surface area contributed by atoms with Crippen LogP contribution in [0.5, 0.6) is 5.75 Å². The Labute approximate surface area is 153 Å². The number of carbonyl (C=O) groups is 1. The number of carboxylic acids is 1. The number of ether oxygens (including phenoxy) is 1. The summed E-state index contributed by atoms with van der Waals surface area (Å²) >= 11 is 0. The molecule has 1 N–H and O–H groups in total. The Morgan fingerprint density at radius 3 is 2.50 bits per heavy atom. The van der Waals surface area contributed by atoms with Gasteiger partial charge in [0, 0.05) is 0 Å². The molecule has 2 aromatic carbocycles. The molecular formula is C21H24FNO3. The number of hydrogen-bond donors (Lipinski definition) is 1. The molecule has 1 aliphatic rings. The van der Waals surface area contributed by atoms with Crippen LogP contribution in [0.25, 0.3) is 0 Å². The van der Waals surface area contributed by atoms with Gasteiger partial charge in [0.25, 0.3) is 0 Å². The highest BCUT2D eigenvalue weighted by atomic mass is 19.1. The topological polar surface area (TPSA) is 49.8 Å². The van der Waals surface area contributed by atoms with E-state index in [0.29, 0.717) is 25.9 Å². The van der Waals surface area contributed by atoms with Gasteiger partial charge in [0.1, 0.15) is 0 Å². The van der Waals surface area contributed by atoms with Crippen molar-refractivity contribution in [1.82, 2.24) is 4.90 Å². The standard InChI is InChI=1S/C21H24FNO3/c1-14-5-3-4-6-17(14)20(16-7-8-19(26-2)18(22)13-16)23-11-9-15(10-12-23)21(24)25/h3-8,13,15,20H,9-12H2,1-2H3,(H,24,25). The van der Waals surface area contributed by atoms with Crippen molar-refractivity contribution in [3.05, 3.63) is 65.0 Å². The van der Waals surface area contributed by atoms with E-state index < -0.39 is 5.97 Å². The van der Waals surface area contributed by atoms with Crippen LogP contribution in [-0.4, -0.2) is 36.2 Å². The predicted molar refractivity (Wildman–Crippen MR) is 97.9 cm³/mol. The van der Waals surface area contributed by atoms with Gasteiger partial charge in [-0.15, -0.1) is 0 Å². The van der Waals surface area contributed by atoms with Crippen molar-refractivity contribution in [2.24, 2.45) is 5.92 Å². The summed E-state index contributed by atoms with van der Waals surface area (Å²) in [6, 6.07) is 13.0. The van der Waals surface area contributed by atoms with Crippen molar-refractivity contribution in [3.8, 4) is 5.75 Å².